The van der Waals surface area contributed by atoms with Crippen molar-refractivity contribution in [1.82, 2.24) is 19.1 Å². The lowest BCUT2D eigenvalue weighted by Gasteiger charge is -2.47. The molecule has 14 nitrogen and oxygen atoms in total. The highest BCUT2D eigenvalue weighted by Gasteiger charge is 2.51. The summed E-state index contributed by atoms with van der Waals surface area (Å²) in [6.07, 6.45) is 8.25. The van der Waals surface area contributed by atoms with E-state index in [1.807, 2.05) is 36.1 Å². The van der Waals surface area contributed by atoms with Gasteiger partial charge in [0.15, 0.2) is 16.8 Å². The summed E-state index contributed by atoms with van der Waals surface area (Å²) in [6.45, 7) is 1.99. The maximum atomic E-state index is 13.4. The molecule has 14 heteroatoms. The predicted octanol–water partition coefficient (Wildman–Crippen LogP) is 3.75. The number of rotatable bonds is 12. The molecule has 8 rings (SSSR count). The number of ether oxygens (including phenoxy) is 1. The van der Waals surface area contributed by atoms with Gasteiger partial charge in [-0.2, -0.15) is 0 Å². The smallest absolute Gasteiger partial charge is 0.193 e. The van der Waals surface area contributed by atoms with E-state index < -0.39 is 48.8 Å². The fourth-order valence-electron chi connectivity index (χ4n) is 8.41. The summed E-state index contributed by atoms with van der Waals surface area (Å²) in [7, 11) is 0. The van der Waals surface area contributed by atoms with Gasteiger partial charge in [0.05, 0.1) is 35.1 Å². The molecule has 53 heavy (non-hydrogen) atoms. The van der Waals surface area contributed by atoms with Crippen LogP contribution in [0.15, 0.2) is 70.5 Å². The van der Waals surface area contributed by atoms with Gasteiger partial charge in [-0.25, -0.2) is 9.78 Å². The van der Waals surface area contributed by atoms with Crippen molar-refractivity contribution in [2.45, 2.75) is 94.5 Å². The average molecular weight is 731 g/mol. The van der Waals surface area contributed by atoms with E-state index >= 15 is 0 Å². The number of benzene rings is 1. The topological polar surface area (TPSA) is 200 Å². The van der Waals surface area contributed by atoms with E-state index in [2.05, 4.69) is 9.97 Å². The average Bonchev–Trinajstić information content (AvgIpc) is 3.95. The van der Waals surface area contributed by atoms with Crippen LogP contribution in [0.25, 0.3) is 38.6 Å². The maximum absolute atomic E-state index is 13.4. The van der Waals surface area contributed by atoms with E-state index in [1.54, 1.807) is 42.1 Å². The Morgan fingerprint density at radius 3 is 2.60 bits per heavy atom. The standard InChI is InChI=1S/C39H46N4O10/c1-22-14-30(45)26-15-24-16-33(53-50-20-32(47)39(49,37(48)31(46)19-44)21-42-13-10-27-29(42)9-12-40-27)38(2,25-6-4-3-5-7-25)52-35(24)34(36(26)51-22)43-17-23-8-11-41-28(23)18-43/h8-15,17-18,25,31-33,37,40-41,44,46-49H,3-7,16,19-21H2,1-2H3. The van der Waals surface area contributed by atoms with Gasteiger partial charge in [-0.05, 0) is 51.0 Å². The highest BCUT2D eigenvalue weighted by molar-refractivity contribution is 5.91. The number of hydrogen-bond donors (Lipinski definition) is 7. The highest BCUT2D eigenvalue weighted by Crippen LogP contribution is 2.48. The number of aromatic amines is 2. The summed E-state index contributed by atoms with van der Waals surface area (Å²) in [5.41, 5.74) is 0.655. The normalized spacial score (nSPS) is 22.5. The summed E-state index contributed by atoms with van der Waals surface area (Å²) in [5, 5.41) is 55.7. The third-order valence-corrected chi connectivity index (χ3v) is 11.5. The molecule has 5 aromatic heterocycles. The van der Waals surface area contributed by atoms with Crippen LogP contribution in [0.2, 0.25) is 0 Å². The Labute approximate surface area is 304 Å². The fourth-order valence-corrected chi connectivity index (χ4v) is 8.41. The minimum absolute atomic E-state index is 0.0752. The molecule has 1 aliphatic carbocycles. The quantitative estimate of drug-likeness (QED) is 0.0719. The first-order chi connectivity index (χ1) is 25.5. The van der Waals surface area contributed by atoms with Crippen molar-refractivity contribution >= 4 is 32.9 Å². The van der Waals surface area contributed by atoms with Crippen LogP contribution >= 0.6 is 0 Å². The lowest BCUT2D eigenvalue weighted by Crippen LogP contribution is -2.61. The van der Waals surface area contributed by atoms with Gasteiger partial charge in [0.1, 0.15) is 53.7 Å². The molecule has 0 bridgehead atoms. The van der Waals surface area contributed by atoms with Gasteiger partial charge in [0, 0.05) is 60.3 Å². The van der Waals surface area contributed by atoms with E-state index in [-0.39, 0.29) is 17.9 Å². The van der Waals surface area contributed by atoms with E-state index in [1.165, 1.54) is 6.07 Å². The van der Waals surface area contributed by atoms with Crippen LogP contribution < -0.4 is 10.2 Å². The zero-order chi connectivity index (χ0) is 37.1. The Kier molecular flexibility index (Phi) is 9.26. The Bertz CT molecular complexity index is 2270. The van der Waals surface area contributed by atoms with Crippen molar-refractivity contribution in [3.63, 3.8) is 0 Å². The maximum Gasteiger partial charge on any atom is 0.193 e. The number of H-pyrrole nitrogens is 2. The number of fused-ring (bicyclic) bond motifs is 4. The van der Waals surface area contributed by atoms with E-state index in [0.29, 0.717) is 45.7 Å². The van der Waals surface area contributed by atoms with Crippen LogP contribution in [0.5, 0.6) is 5.75 Å². The van der Waals surface area contributed by atoms with Crippen molar-refractivity contribution < 1.29 is 44.5 Å². The molecule has 1 aliphatic heterocycles. The van der Waals surface area contributed by atoms with Gasteiger partial charge in [-0.3, -0.25) is 4.79 Å². The molecule has 7 N–H and O–H groups in total. The molecular formula is C39H46N4O10. The molecule has 6 atom stereocenters. The zero-order valence-corrected chi connectivity index (χ0v) is 29.7. The number of nitrogens with one attached hydrogen (secondary N) is 2. The molecule has 1 fully saturated rings. The number of hydrogen-bond acceptors (Lipinski definition) is 10. The van der Waals surface area contributed by atoms with Gasteiger partial charge in [-0.1, -0.05) is 19.3 Å². The minimum Gasteiger partial charge on any atom is -0.482 e. The van der Waals surface area contributed by atoms with Crippen LogP contribution in [0.1, 0.15) is 50.4 Å². The molecule has 1 aromatic carbocycles. The van der Waals surface area contributed by atoms with Crippen molar-refractivity contribution in [2.24, 2.45) is 5.92 Å². The van der Waals surface area contributed by atoms with Crippen molar-refractivity contribution in [3.8, 4) is 11.4 Å². The molecule has 2 aliphatic rings. The van der Waals surface area contributed by atoms with E-state index in [4.69, 9.17) is 18.9 Å². The van der Waals surface area contributed by atoms with Gasteiger partial charge >= 0.3 is 0 Å². The SMILES string of the molecule is Cc1cc(=O)c2cc3c(c(-n4cc5cc[nH]c5c4)c2o1)OC(C)(C1CCCCC1)C(OOCC(O)C(O)(Cn1ccc2[nH]ccc21)C(O)C(O)CO)C3. The van der Waals surface area contributed by atoms with Crippen LogP contribution in [0.3, 0.4) is 0 Å². The number of aryl methyl sites for hydroxylation is 1. The number of aliphatic hydroxyl groups excluding tert-OH is 4. The van der Waals surface area contributed by atoms with Crippen LogP contribution in [-0.2, 0) is 22.7 Å². The second-order valence-corrected chi connectivity index (χ2v) is 14.9. The first kappa shape index (κ1) is 35.6. The molecule has 6 heterocycles. The van der Waals surface area contributed by atoms with Crippen LogP contribution in [-0.4, -0.2) is 93.5 Å². The zero-order valence-electron chi connectivity index (χ0n) is 29.7. The third-order valence-electron chi connectivity index (χ3n) is 11.5. The summed E-state index contributed by atoms with van der Waals surface area (Å²) in [5.74, 6) is 1.13. The van der Waals surface area contributed by atoms with Gasteiger partial charge in [-0.15, -0.1) is 0 Å². The predicted molar refractivity (Wildman–Crippen MR) is 195 cm³/mol. The summed E-state index contributed by atoms with van der Waals surface area (Å²) < 4.78 is 16.9. The third kappa shape index (κ3) is 6.17. The van der Waals surface area contributed by atoms with Gasteiger partial charge in [0.25, 0.3) is 0 Å². The molecule has 0 amide bonds. The van der Waals surface area contributed by atoms with Crippen LogP contribution in [0, 0.1) is 12.8 Å². The van der Waals surface area contributed by atoms with E-state index in [0.717, 1.165) is 48.5 Å². The summed E-state index contributed by atoms with van der Waals surface area (Å²) >= 11 is 0. The summed E-state index contributed by atoms with van der Waals surface area (Å²) in [6, 6.07) is 8.77. The molecule has 1 saturated carbocycles. The van der Waals surface area contributed by atoms with Gasteiger partial charge < -0.3 is 53.8 Å². The molecule has 282 valence electrons. The first-order valence-corrected chi connectivity index (χ1v) is 18.2. The lowest BCUT2D eigenvalue weighted by molar-refractivity contribution is -0.369. The van der Waals surface area contributed by atoms with Gasteiger partial charge in [0.2, 0.25) is 0 Å². The molecule has 0 spiro atoms. The van der Waals surface area contributed by atoms with Crippen molar-refractivity contribution in [2.75, 3.05) is 13.2 Å². The highest BCUT2D eigenvalue weighted by atomic mass is 17.2. The molecule has 0 saturated heterocycles. The van der Waals surface area contributed by atoms with Crippen LogP contribution in [0.4, 0.5) is 0 Å². The second kappa shape index (κ2) is 13.8. The summed E-state index contributed by atoms with van der Waals surface area (Å²) in [4.78, 5) is 31.6. The Morgan fingerprint density at radius 1 is 1.06 bits per heavy atom. The van der Waals surface area contributed by atoms with Crippen molar-refractivity contribution in [3.05, 3.63) is 82.9 Å². The monoisotopic (exact) mass is 730 g/mol. The lowest BCUT2D eigenvalue weighted by atomic mass is 9.72. The first-order valence-electron chi connectivity index (χ1n) is 18.2. The number of nitrogens with zero attached hydrogens (tertiary/aromatic N) is 2. The largest absolute Gasteiger partial charge is 0.482 e. The number of aromatic nitrogens is 4. The Balaban J connectivity index is 1.13. The number of aliphatic hydroxyl groups is 5. The van der Waals surface area contributed by atoms with Crippen molar-refractivity contribution in [1.29, 1.82) is 0 Å². The molecule has 0 radical (unpaired) electrons. The Morgan fingerprint density at radius 2 is 1.83 bits per heavy atom. The molecular weight excluding hydrogens is 684 g/mol. The molecule has 6 unspecified atom stereocenters. The fraction of sp³-hybridized carbons (Fsp3) is 0.462. The molecule has 6 aromatic rings. The van der Waals surface area contributed by atoms with E-state index in [9.17, 15) is 30.3 Å². The Hall–Kier alpha value is -4.41. The second-order valence-electron chi connectivity index (χ2n) is 14.9. The minimum atomic E-state index is -2.36.